The summed E-state index contributed by atoms with van der Waals surface area (Å²) in [5, 5.41) is 9.01. The number of sulfone groups is 1. The molecule has 0 aromatic heterocycles. The molecule has 0 bridgehead atoms. The first kappa shape index (κ1) is 21.8. The lowest BCUT2D eigenvalue weighted by atomic mass is 10.1. The monoisotopic (exact) mass is 448 g/mol. The van der Waals surface area contributed by atoms with E-state index < -0.39 is 21.6 Å². The maximum Gasteiger partial charge on any atom is 0.307 e. The van der Waals surface area contributed by atoms with Crippen LogP contribution in [0.25, 0.3) is 11.1 Å². The topological polar surface area (TPSA) is 80.7 Å². The molecule has 3 rings (SSSR count). The number of carbonyl (C=O) groups is 1. The first-order valence-electron chi connectivity index (χ1n) is 9.00. The number of hydrogen-bond donors (Lipinski definition) is 1. The van der Waals surface area contributed by atoms with E-state index in [1.807, 2.05) is 0 Å². The third-order valence-electron chi connectivity index (χ3n) is 4.31. The Kier molecular flexibility index (Phi) is 6.43. The number of rotatable bonds is 7. The summed E-state index contributed by atoms with van der Waals surface area (Å²) in [6, 6.07) is 14.5. The van der Waals surface area contributed by atoms with Crippen molar-refractivity contribution in [3.8, 4) is 16.9 Å². The average Bonchev–Trinajstić information content (AvgIpc) is 2.70. The van der Waals surface area contributed by atoms with Crippen LogP contribution < -0.4 is 4.74 Å². The summed E-state index contributed by atoms with van der Waals surface area (Å²) < 4.78 is 45.3. The highest BCUT2D eigenvalue weighted by Gasteiger charge is 2.21. The molecule has 3 aromatic rings. The molecule has 0 aliphatic heterocycles. The van der Waals surface area contributed by atoms with Crippen LogP contribution in [0.2, 0.25) is 5.02 Å². The average molecular weight is 449 g/mol. The summed E-state index contributed by atoms with van der Waals surface area (Å²) in [7, 11) is -3.97. The Balaban J connectivity index is 2.08. The Labute approximate surface area is 178 Å². The first-order chi connectivity index (χ1) is 14.2. The molecule has 0 aliphatic carbocycles. The fourth-order valence-electron chi connectivity index (χ4n) is 2.97. The van der Waals surface area contributed by atoms with Gasteiger partial charge in [-0.25, -0.2) is 12.8 Å². The second-order valence-corrected chi connectivity index (χ2v) is 8.83. The van der Waals surface area contributed by atoms with Gasteiger partial charge in [0.1, 0.15) is 11.6 Å². The Morgan fingerprint density at radius 1 is 1.03 bits per heavy atom. The summed E-state index contributed by atoms with van der Waals surface area (Å²) in [6.45, 7) is 2.05. The maximum atomic E-state index is 13.5. The Morgan fingerprint density at radius 2 is 1.77 bits per heavy atom. The van der Waals surface area contributed by atoms with Crippen molar-refractivity contribution < 1.29 is 27.4 Å². The quantitative estimate of drug-likeness (QED) is 0.549. The van der Waals surface area contributed by atoms with Crippen LogP contribution in [0.1, 0.15) is 12.5 Å². The standard InChI is InChI=1S/C22H18ClFO5S/c1-2-29-17-8-14(10-22(25)26)9-19(13-17)30(27,28)18-5-3-4-15(11-18)16-6-7-21(24)20(23)12-16/h3-9,11-13H,2,10H2,1H3,(H,25,26). The molecule has 5 nitrogen and oxygen atoms in total. The predicted octanol–water partition coefficient (Wildman–Crippen LogP) is 5.00. The molecule has 0 radical (unpaired) electrons. The number of aliphatic carboxylic acids is 1. The molecule has 0 atom stereocenters. The number of benzene rings is 3. The lowest BCUT2D eigenvalue weighted by Gasteiger charge is -2.12. The molecule has 0 spiro atoms. The number of halogens is 2. The SMILES string of the molecule is CCOc1cc(CC(=O)O)cc(S(=O)(=O)c2cccc(-c3ccc(F)c(Cl)c3)c2)c1. The minimum atomic E-state index is -3.97. The van der Waals surface area contributed by atoms with Gasteiger partial charge in [0.15, 0.2) is 0 Å². The third-order valence-corrected chi connectivity index (χ3v) is 6.33. The first-order valence-corrected chi connectivity index (χ1v) is 10.9. The lowest BCUT2D eigenvalue weighted by Crippen LogP contribution is -2.06. The molecule has 0 unspecified atom stereocenters. The summed E-state index contributed by atoms with van der Waals surface area (Å²) >= 11 is 5.84. The van der Waals surface area contributed by atoms with Crippen molar-refractivity contribution in [3.63, 3.8) is 0 Å². The van der Waals surface area contributed by atoms with Gasteiger partial charge in [0.05, 0.1) is 27.8 Å². The highest BCUT2D eigenvalue weighted by molar-refractivity contribution is 7.91. The molecule has 0 saturated carbocycles. The molecular formula is C22H18ClFO5S. The Bertz CT molecular complexity index is 1210. The van der Waals surface area contributed by atoms with Crippen molar-refractivity contribution in [1.82, 2.24) is 0 Å². The van der Waals surface area contributed by atoms with E-state index in [0.29, 0.717) is 23.3 Å². The number of carboxylic acids is 1. The zero-order chi connectivity index (χ0) is 21.9. The van der Waals surface area contributed by atoms with Crippen molar-refractivity contribution >= 4 is 27.4 Å². The number of hydrogen-bond acceptors (Lipinski definition) is 4. The van der Waals surface area contributed by atoms with E-state index >= 15 is 0 Å². The molecule has 0 saturated heterocycles. The Hall–Kier alpha value is -2.90. The van der Waals surface area contributed by atoms with E-state index in [-0.39, 0.29) is 27.0 Å². The van der Waals surface area contributed by atoms with Gasteiger partial charge in [0, 0.05) is 0 Å². The molecule has 0 aliphatic rings. The minimum Gasteiger partial charge on any atom is -0.494 e. The smallest absolute Gasteiger partial charge is 0.307 e. The van der Waals surface area contributed by atoms with E-state index in [0.717, 1.165) is 0 Å². The predicted molar refractivity (Wildman–Crippen MR) is 111 cm³/mol. The van der Waals surface area contributed by atoms with Crippen LogP contribution in [-0.4, -0.2) is 26.1 Å². The van der Waals surface area contributed by atoms with Gasteiger partial charge in [0.25, 0.3) is 0 Å². The van der Waals surface area contributed by atoms with Gasteiger partial charge in [-0.05, 0) is 66.1 Å². The molecule has 3 aromatic carbocycles. The lowest BCUT2D eigenvalue weighted by molar-refractivity contribution is -0.136. The molecule has 0 amide bonds. The Morgan fingerprint density at radius 3 is 2.43 bits per heavy atom. The van der Waals surface area contributed by atoms with Crippen LogP contribution in [0.5, 0.6) is 5.75 Å². The van der Waals surface area contributed by atoms with Crippen molar-refractivity contribution in [2.24, 2.45) is 0 Å². The highest BCUT2D eigenvalue weighted by Crippen LogP contribution is 2.31. The zero-order valence-corrected chi connectivity index (χ0v) is 17.5. The van der Waals surface area contributed by atoms with E-state index in [1.54, 1.807) is 19.1 Å². The normalized spacial score (nSPS) is 11.3. The molecule has 1 N–H and O–H groups in total. The number of ether oxygens (including phenoxy) is 1. The van der Waals surface area contributed by atoms with Crippen LogP contribution in [0, 0.1) is 5.82 Å². The van der Waals surface area contributed by atoms with Gasteiger partial charge in [-0.2, -0.15) is 0 Å². The van der Waals surface area contributed by atoms with Crippen molar-refractivity contribution in [1.29, 1.82) is 0 Å². The molecule has 0 fully saturated rings. The zero-order valence-electron chi connectivity index (χ0n) is 15.9. The van der Waals surface area contributed by atoms with Crippen molar-refractivity contribution in [2.75, 3.05) is 6.61 Å². The van der Waals surface area contributed by atoms with Crippen LogP contribution in [0.15, 0.2) is 70.5 Å². The van der Waals surface area contributed by atoms with Gasteiger partial charge in [-0.15, -0.1) is 0 Å². The van der Waals surface area contributed by atoms with Gasteiger partial charge in [-0.3, -0.25) is 4.79 Å². The summed E-state index contributed by atoms with van der Waals surface area (Å²) in [4.78, 5) is 11.0. The van der Waals surface area contributed by atoms with E-state index in [1.165, 1.54) is 48.5 Å². The number of carboxylic acid groups (broad SMARTS) is 1. The largest absolute Gasteiger partial charge is 0.494 e. The van der Waals surface area contributed by atoms with Crippen LogP contribution in [-0.2, 0) is 21.1 Å². The molecule has 30 heavy (non-hydrogen) atoms. The second kappa shape index (κ2) is 8.85. The van der Waals surface area contributed by atoms with Crippen LogP contribution >= 0.6 is 11.6 Å². The minimum absolute atomic E-state index is 0.00960. The highest BCUT2D eigenvalue weighted by atomic mass is 35.5. The van der Waals surface area contributed by atoms with Crippen LogP contribution in [0.3, 0.4) is 0 Å². The summed E-state index contributed by atoms with van der Waals surface area (Å²) in [5.74, 6) is -1.37. The van der Waals surface area contributed by atoms with Crippen molar-refractivity contribution in [2.45, 2.75) is 23.1 Å². The summed E-state index contributed by atoms with van der Waals surface area (Å²) in [5.41, 5.74) is 1.42. The molecule has 8 heteroatoms. The maximum absolute atomic E-state index is 13.5. The van der Waals surface area contributed by atoms with E-state index in [4.69, 9.17) is 21.4 Å². The third kappa shape index (κ3) is 4.80. The fraction of sp³-hybridized carbons (Fsp3) is 0.136. The van der Waals surface area contributed by atoms with E-state index in [9.17, 15) is 17.6 Å². The van der Waals surface area contributed by atoms with E-state index in [2.05, 4.69) is 0 Å². The van der Waals surface area contributed by atoms with Crippen LogP contribution in [0.4, 0.5) is 4.39 Å². The molecule has 0 heterocycles. The second-order valence-electron chi connectivity index (χ2n) is 6.48. The van der Waals surface area contributed by atoms with Crippen molar-refractivity contribution in [3.05, 3.63) is 77.1 Å². The summed E-state index contributed by atoms with van der Waals surface area (Å²) in [6.07, 6.45) is -0.336. The van der Waals surface area contributed by atoms with Gasteiger partial charge >= 0.3 is 5.97 Å². The molecule has 156 valence electrons. The van der Waals surface area contributed by atoms with Gasteiger partial charge < -0.3 is 9.84 Å². The molecular weight excluding hydrogens is 431 g/mol. The van der Waals surface area contributed by atoms with Gasteiger partial charge in [-0.1, -0.05) is 29.8 Å². The fourth-order valence-corrected chi connectivity index (χ4v) is 4.54. The van der Waals surface area contributed by atoms with Gasteiger partial charge in [0.2, 0.25) is 9.84 Å².